The smallest absolute Gasteiger partial charge is 0.339 e. The summed E-state index contributed by atoms with van der Waals surface area (Å²) in [5.41, 5.74) is 3.11. The maximum Gasteiger partial charge on any atom is 0.339 e. The Morgan fingerprint density at radius 1 is 0.944 bits per heavy atom. The normalized spacial score (nSPS) is 10.9. The van der Waals surface area contributed by atoms with E-state index < -0.39 is 10.1 Å². The minimum atomic E-state index is -3.78. The molecule has 0 saturated carbocycles. The molecule has 6 heteroatoms. The van der Waals surface area contributed by atoms with Crippen LogP contribution in [-0.2, 0) is 10.1 Å². The van der Waals surface area contributed by atoms with Gasteiger partial charge in [0, 0.05) is 5.69 Å². The third-order valence-electron chi connectivity index (χ3n) is 2.26. The molecule has 2 aromatic carbocycles. The average molecular weight is 264 g/mol. The second-order valence-corrected chi connectivity index (χ2v) is 5.07. The van der Waals surface area contributed by atoms with Crippen molar-refractivity contribution in [3.05, 3.63) is 54.6 Å². The van der Waals surface area contributed by atoms with E-state index in [2.05, 4.69) is 5.43 Å². The molecule has 0 saturated heterocycles. The summed E-state index contributed by atoms with van der Waals surface area (Å²) in [6.45, 7) is 0. The van der Waals surface area contributed by atoms with Crippen molar-refractivity contribution in [1.82, 2.24) is 0 Å². The number of nitrogens with two attached hydrogens (primary N) is 1. The lowest BCUT2D eigenvalue weighted by molar-refractivity contribution is 0.486. The highest BCUT2D eigenvalue weighted by atomic mass is 32.2. The fourth-order valence-electron chi connectivity index (χ4n) is 1.37. The summed E-state index contributed by atoms with van der Waals surface area (Å²) in [4.78, 5) is 0.117. The van der Waals surface area contributed by atoms with E-state index in [0.717, 1.165) is 0 Å². The molecule has 0 aliphatic carbocycles. The lowest BCUT2D eigenvalue weighted by Gasteiger charge is -2.07. The molecule has 94 valence electrons. The summed E-state index contributed by atoms with van der Waals surface area (Å²) in [6.07, 6.45) is 0. The van der Waals surface area contributed by atoms with Gasteiger partial charge in [0.25, 0.3) is 0 Å². The maximum atomic E-state index is 11.9. The molecule has 2 rings (SSSR count). The monoisotopic (exact) mass is 264 g/mol. The fraction of sp³-hybridized carbons (Fsp3) is 0. The van der Waals surface area contributed by atoms with Crippen LogP contribution in [0.4, 0.5) is 5.69 Å². The third-order valence-corrected chi connectivity index (χ3v) is 3.52. The highest BCUT2D eigenvalue weighted by Crippen LogP contribution is 2.20. The van der Waals surface area contributed by atoms with Crippen LogP contribution in [0.2, 0.25) is 0 Å². The second-order valence-electron chi connectivity index (χ2n) is 3.52. The van der Waals surface area contributed by atoms with Crippen LogP contribution in [0.15, 0.2) is 59.5 Å². The van der Waals surface area contributed by atoms with Gasteiger partial charge in [0.15, 0.2) is 0 Å². The van der Waals surface area contributed by atoms with Crippen LogP contribution >= 0.6 is 0 Å². The molecular weight excluding hydrogens is 252 g/mol. The van der Waals surface area contributed by atoms with Gasteiger partial charge in [0.05, 0.1) is 0 Å². The molecule has 0 radical (unpaired) electrons. The van der Waals surface area contributed by atoms with Crippen LogP contribution in [0.25, 0.3) is 0 Å². The number of hydrogen-bond acceptors (Lipinski definition) is 5. The van der Waals surface area contributed by atoms with E-state index in [0.29, 0.717) is 5.69 Å². The second kappa shape index (κ2) is 5.07. The first-order valence-electron chi connectivity index (χ1n) is 5.18. The van der Waals surface area contributed by atoms with Crippen molar-refractivity contribution in [2.75, 3.05) is 5.43 Å². The molecule has 0 aliphatic rings. The van der Waals surface area contributed by atoms with Gasteiger partial charge in [-0.1, -0.05) is 18.2 Å². The van der Waals surface area contributed by atoms with Gasteiger partial charge in [-0.05, 0) is 36.4 Å². The van der Waals surface area contributed by atoms with Crippen LogP contribution in [-0.4, -0.2) is 8.42 Å². The Balaban J connectivity index is 2.22. The van der Waals surface area contributed by atoms with E-state index in [1.807, 2.05) is 0 Å². The molecule has 0 atom stereocenters. The van der Waals surface area contributed by atoms with Crippen molar-refractivity contribution in [3.8, 4) is 5.75 Å². The van der Waals surface area contributed by atoms with E-state index in [1.54, 1.807) is 30.3 Å². The Hall–Kier alpha value is -2.05. The van der Waals surface area contributed by atoms with E-state index in [1.165, 1.54) is 24.3 Å². The molecule has 0 aromatic heterocycles. The first-order valence-corrected chi connectivity index (χ1v) is 6.59. The van der Waals surface area contributed by atoms with Gasteiger partial charge in [-0.2, -0.15) is 8.42 Å². The molecule has 0 bridgehead atoms. The average Bonchev–Trinajstić information content (AvgIpc) is 2.40. The number of benzene rings is 2. The number of nitrogen functional groups attached to an aromatic ring is 1. The molecule has 0 aliphatic heterocycles. The molecule has 2 aromatic rings. The summed E-state index contributed by atoms with van der Waals surface area (Å²) in [7, 11) is -3.78. The first-order chi connectivity index (χ1) is 8.62. The van der Waals surface area contributed by atoms with Crippen molar-refractivity contribution in [2.45, 2.75) is 4.90 Å². The quantitative estimate of drug-likeness (QED) is 0.499. The number of nitrogens with one attached hydrogen (secondary N) is 1. The molecule has 0 spiro atoms. The maximum absolute atomic E-state index is 11.9. The SMILES string of the molecule is NNc1ccc(OS(=O)(=O)c2ccccc2)cc1. The van der Waals surface area contributed by atoms with E-state index in [9.17, 15) is 8.42 Å². The van der Waals surface area contributed by atoms with Gasteiger partial charge in [0.1, 0.15) is 10.6 Å². The number of hydrazine groups is 1. The Labute approximate surface area is 105 Å². The van der Waals surface area contributed by atoms with Crippen LogP contribution < -0.4 is 15.5 Å². The number of hydrogen-bond donors (Lipinski definition) is 2. The fourth-order valence-corrected chi connectivity index (χ4v) is 2.32. The van der Waals surface area contributed by atoms with Crippen molar-refractivity contribution >= 4 is 15.8 Å². The van der Waals surface area contributed by atoms with Crippen molar-refractivity contribution in [2.24, 2.45) is 5.84 Å². The summed E-state index contributed by atoms with van der Waals surface area (Å²) < 4.78 is 28.8. The van der Waals surface area contributed by atoms with Crippen molar-refractivity contribution in [1.29, 1.82) is 0 Å². The van der Waals surface area contributed by atoms with Gasteiger partial charge < -0.3 is 9.61 Å². The Morgan fingerprint density at radius 2 is 1.56 bits per heavy atom. The Morgan fingerprint density at radius 3 is 2.11 bits per heavy atom. The molecule has 0 unspecified atom stereocenters. The van der Waals surface area contributed by atoms with Gasteiger partial charge in [-0.15, -0.1) is 0 Å². The van der Waals surface area contributed by atoms with Crippen LogP contribution in [0, 0.1) is 0 Å². The minimum absolute atomic E-state index is 0.117. The summed E-state index contributed by atoms with van der Waals surface area (Å²) in [5, 5.41) is 0. The number of anilines is 1. The molecule has 5 nitrogen and oxygen atoms in total. The molecule has 0 fully saturated rings. The summed E-state index contributed by atoms with van der Waals surface area (Å²) >= 11 is 0. The van der Waals surface area contributed by atoms with Gasteiger partial charge >= 0.3 is 10.1 Å². The lowest BCUT2D eigenvalue weighted by atomic mass is 10.3. The predicted molar refractivity (Wildman–Crippen MR) is 68.5 cm³/mol. The Kier molecular flexibility index (Phi) is 3.50. The summed E-state index contributed by atoms with van der Waals surface area (Å²) in [5.74, 6) is 5.44. The lowest BCUT2D eigenvalue weighted by Crippen LogP contribution is -2.10. The zero-order valence-corrected chi connectivity index (χ0v) is 10.2. The van der Waals surface area contributed by atoms with Crippen molar-refractivity contribution < 1.29 is 12.6 Å². The van der Waals surface area contributed by atoms with Crippen LogP contribution in [0.5, 0.6) is 5.75 Å². The zero-order chi connectivity index (χ0) is 13.0. The largest absolute Gasteiger partial charge is 0.379 e. The van der Waals surface area contributed by atoms with Crippen LogP contribution in [0.1, 0.15) is 0 Å². The zero-order valence-electron chi connectivity index (χ0n) is 9.41. The highest BCUT2D eigenvalue weighted by Gasteiger charge is 2.15. The topological polar surface area (TPSA) is 81.4 Å². The van der Waals surface area contributed by atoms with Crippen LogP contribution in [0.3, 0.4) is 0 Å². The Bertz CT molecular complexity index is 610. The highest BCUT2D eigenvalue weighted by molar-refractivity contribution is 7.87. The van der Waals surface area contributed by atoms with Crippen molar-refractivity contribution in [3.63, 3.8) is 0 Å². The predicted octanol–water partition coefficient (Wildman–Crippen LogP) is 1.74. The molecule has 18 heavy (non-hydrogen) atoms. The van der Waals surface area contributed by atoms with Gasteiger partial charge in [0.2, 0.25) is 0 Å². The molecular formula is C12H12N2O3S. The molecule has 3 N–H and O–H groups in total. The standard InChI is InChI=1S/C12H12N2O3S/c13-14-10-6-8-11(9-7-10)17-18(15,16)12-4-2-1-3-5-12/h1-9,14H,13H2. The van der Waals surface area contributed by atoms with E-state index in [-0.39, 0.29) is 10.6 Å². The summed E-state index contributed by atoms with van der Waals surface area (Å²) in [6, 6.07) is 14.3. The third kappa shape index (κ3) is 2.79. The molecule has 0 heterocycles. The minimum Gasteiger partial charge on any atom is -0.379 e. The first kappa shape index (κ1) is 12.4. The number of rotatable bonds is 4. The van der Waals surface area contributed by atoms with E-state index in [4.69, 9.17) is 10.0 Å². The van der Waals surface area contributed by atoms with E-state index >= 15 is 0 Å². The van der Waals surface area contributed by atoms with Gasteiger partial charge in [-0.3, -0.25) is 5.84 Å². The van der Waals surface area contributed by atoms with Gasteiger partial charge in [-0.25, -0.2) is 0 Å². The molecule has 0 amide bonds.